The number of amides is 1. The molecule has 1 amide bonds. The number of alkyl halides is 3. The van der Waals surface area contributed by atoms with Gasteiger partial charge < -0.3 is 9.30 Å². The van der Waals surface area contributed by atoms with Gasteiger partial charge in [-0.3, -0.25) is 9.69 Å². The predicted octanol–water partition coefficient (Wildman–Crippen LogP) is 4.46. The molecule has 8 nitrogen and oxygen atoms in total. The van der Waals surface area contributed by atoms with Gasteiger partial charge in [-0.1, -0.05) is 11.3 Å². The molecule has 4 aromatic rings. The van der Waals surface area contributed by atoms with E-state index in [4.69, 9.17) is 4.74 Å². The number of nitrogens with zero attached hydrogens (tertiary/aromatic N) is 6. The Morgan fingerprint density at radius 2 is 1.84 bits per heavy atom. The third-order valence-electron chi connectivity index (χ3n) is 5.25. The Morgan fingerprint density at radius 1 is 1.08 bits per heavy atom. The van der Waals surface area contributed by atoms with E-state index in [2.05, 4.69) is 15.3 Å². The minimum atomic E-state index is -4.95. The molecule has 0 aliphatic carbocycles. The summed E-state index contributed by atoms with van der Waals surface area (Å²) in [5.41, 5.74) is 1.21. The highest BCUT2D eigenvalue weighted by Crippen LogP contribution is 2.30. The van der Waals surface area contributed by atoms with Crippen molar-refractivity contribution in [1.82, 2.24) is 24.5 Å². The highest BCUT2D eigenvalue weighted by Gasteiger charge is 2.36. The second-order valence-electron chi connectivity index (χ2n) is 7.90. The van der Waals surface area contributed by atoms with Crippen molar-refractivity contribution in [2.24, 2.45) is 0 Å². The van der Waals surface area contributed by atoms with Gasteiger partial charge in [-0.05, 0) is 31.2 Å². The molecule has 0 bridgehead atoms. The molecule has 0 spiro atoms. The second-order valence-corrected chi connectivity index (χ2v) is 7.90. The summed E-state index contributed by atoms with van der Waals surface area (Å²) in [7, 11) is 1.47. The second kappa shape index (κ2) is 9.95. The predicted molar refractivity (Wildman–Crippen MR) is 119 cm³/mol. The summed E-state index contributed by atoms with van der Waals surface area (Å²) in [4.78, 5) is 16.9. The minimum absolute atomic E-state index is 0.0237. The Labute approximate surface area is 205 Å². The molecule has 194 valence electrons. The van der Waals surface area contributed by atoms with E-state index in [1.165, 1.54) is 13.3 Å². The lowest BCUT2D eigenvalue weighted by atomic mass is 10.1. The maximum Gasteiger partial charge on any atom is 0.406 e. The summed E-state index contributed by atoms with van der Waals surface area (Å²) >= 11 is 0. The summed E-state index contributed by atoms with van der Waals surface area (Å²) in [5.74, 6) is -6.33. The molecule has 0 fully saturated rings. The zero-order valence-corrected chi connectivity index (χ0v) is 19.3. The molecule has 0 N–H and O–H groups in total. The maximum atomic E-state index is 14.2. The number of benzene rings is 2. The van der Waals surface area contributed by atoms with Gasteiger partial charge in [0.25, 0.3) is 0 Å². The lowest BCUT2D eigenvalue weighted by Gasteiger charge is -2.24. The first kappa shape index (κ1) is 25.7. The summed E-state index contributed by atoms with van der Waals surface area (Å²) < 4.78 is 88.6. The number of anilines is 1. The van der Waals surface area contributed by atoms with Gasteiger partial charge in [0.1, 0.15) is 24.5 Å². The van der Waals surface area contributed by atoms with Crippen molar-refractivity contribution in [2.75, 3.05) is 18.6 Å². The van der Waals surface area contributed by atoms with Gasteiger partial charge in [-0.25, -0.2) is 22.8 Å². The standard InChI is InChI=1S/C23H18F6N6O2/c1-13-8-33(12-30-13)17-5-3-14(7-19(17)37-2)16-9-34(32-31-16)10-20(36)35(11-23(27,28)29)18-6-4-15(24)21(25)22(18)26/h3-9,12H,10-11H2,1-2H3. The van der Waals surface area contributed by atoms with Crippen LogP contribution >= 0.6 is 0 Å². The number of hydrogen-bond donors (Lipinski definition) is 0. The largest absolute Gasteiger partial charge is 0.495 e. The molecule has 0 atom stereocenters. The van der Waals surface area contributed by atoms with E-state index in [0.717, 1.165) is 10.4 Å². The average molecular weight is 524 g/mol. The monoisotopic (exact) mass is 524 g/mol. The van der Waals surface area contributed by atoms with Crippen molar-refractivity contribution >= 4 is 11.6 Å². The van der Waals surface area contributed by atoms with Gasteiger partial charge in [0.15, 0.2) is 17.5 Å². The van der Waals surface area contributed by atoms with E-state index < -0.39 is 48.3 Å². The lowest BCUT2D eigenvalue weighted by Crippen LogP contribution is -2.41. The lowest BCUT2D eigenvalue weighted by molar-refractivity contribution is -0.133. The van der Waals surface area contributed by atoms with Crippen LogP contribution in [0.3, 0.4) is 0 Å². The topological polar surface area (TPSA) is 78.1 Å². The molecular weight excluding hydrogens is 506 g/mol. The zero-order valence-electron chi connectivity index (χ0n) is 19.3. The average Bonchev–Trinajstić information content (AvgIpc) is 3.49. The van der Waals surface area contributed by atoms with E-state index in [0.29, 0.717) is 29.1 Å². The molecular formula is C23H18F6N6O2. The van der Waals surface area contributed by atoms with Gasteiger partial charge in [-0.15, -0.1) is 5.10 Å². The highest BCUT2D eigenvalue weighted by atomic mass is 19.4. The zero-order chi connectivity index (χ0) is 26.9. The molecule has 0 aliphatic heterocycles. The molecule has 2 aromatic heterocycles. The molecule has 37 heavy (non-hydrogen) atoms. The fourth-order valence-electron chi connectivity index (χ4n) is 3.55. The van der Waals surface area contributed by atoms with Crippen LogP contribution in [0.2, 0.25) is 0 Å². The Hall–Kier alpha value is -4.36. The third kappa shape index (κ3) is 5.57. The number of methoxy groups -OCH3 is 1. The molecule has 0 radical (unpaired) electrons. The van der Waals surface area contributed by atoms with Gasteiger partial charge in [0.2, 0.25) is 5.91 Å². The first-order valence-corrected chi connectivity index (χ1v) is 10.6. The number of carbonyl (C=O) groups is 1. The summed E-state index contributed by atoms with van der Waals surface area (Å²) in [6.07, 6.45) is -0.257. The van der Waals surface area contributed by atoms with E-state index in [9.17, 15) is 31.1 Å². The van der Waals surface area contributed by atoms with Gasteiger partial charge in [-0.2, -0.15) is 13.2 Å². The smallest absolute Gasteiger partial charge is 0.406 e. The van der Waals surface area contributed by atoms with Gasteiger partial charge >= 0.3 is 6.18 Å². The third-order valence-corrected chi connectivity index (χ3v) is 5.25. The molecule has 14 heteroatoms. The van der Waals surface area contributed by atoms with E-state index in [-0.39, 0.29) is 10.6 Å². The van der Waals surface area contributed by atoms with Crippen LogP contribution in [-0.2, 0) is 11.3 Å². The van der Waals surface area contributed by atoms with Crippen molar-refractivity contribution in [3.05, 3.63) is 72.2 Å². The van der Waals surface area contributed by atoms with Crippen molar-refractivity contribution in [3.8, 4) is 22.7 Å². The van der Waals surface area contributed by atoms with Crippen LogP contribution in [0.5, 0.6) is 5.75 Å². The number of imidazole rings is 1. The van der Waals surface area contributed by atoms with E-state index in [1.54, 1.807) is 35.3 Å². The Balaban J connectivity index is 1.59. The molecule has 2 aromatic carbocycles. The number of aryl methyl sites for hydroxylation is 1. The van der Waals surface area contributed by atoms with Crippen molar-refractivity contribution < 1.29 is 35.9 Å². The van der Waals surface area contributed by atoms with Crippen LogP contribution in [0.15, 0.2) is 49.1 Å². The summed E-state index contributed by atoms with van der Waals surface area (Å²) in [5, 5.41) is 7.69. The highest BCUT2D eigenvalue weighted by molar-refractivity contribution is 5.93. The van der Waals surface area contributed by atoms with Crippen molar-refractivity contribution in [3.63, 3.8) is 0 Å². The van der Waals surface area contributed by atoms with Crippen LogP contribution in [0.1, 0.15) is 5.69 Å². The molecule has 0 unspecified atom stereocenters. The normalized spacial score (nSPS) is 11.6. The maximum absolute atomic E-state index is 14.2. The van der Waals surface area contributed by atoms with E-state index in [1.807, 2.05) is 6.92 Å². The first-order valence-electron chi connectivity index (χ1n) is 10.6. The summed E-state index contributed by atoms with van der Waals surface area (Å²) in [6, 6.07) is 6.06. The molecule has 0 saturated heterocycles. The summed E-state index contributed by atoms with van der Waals surface area (Å²) in [6.45, 7) is -0.888. The molecule has 0 saturated carbocycles. The van der Waals surface area contributed by atoms with Crippen LogP contribution in [0.4, 0.5) is 32.0 Å². The van der Waals surface area contributed by atoms with Crippen molar-refractivity contribution in [1.29, 1.82) is 0 Å². The molecule has 0 aliphatic rings. The fraction of sp³-hybridized carbons (Fsp3) is 0.217. The Bertz CT molecular complexity index is 1450. The Morgan fingerprint density at radius 3 is 2.49 bits per heavy atom. The SMILES string of the molecule is COc1cc(-c2cn(CC(=O)N(CC(F)(F)F)c3ccc(F)c(F)c3F)nn2)ccc1-n1cnc(C)c1. The van der Waals surface area contributed by atoms with Crippen LogP contribution in [0, 0.1) is 24.4 Å². The number of hydrogen-bond acceptors (Lipinski definition) is 5. The van der Waals surface area contributed by atoms with E-state index >= 15 is 0 Å². The minimum Gasteiger partial charge on any atom is -0.495 e. The van der Waals surface area contributed by atoms with Crippen molar-refractivity contribution in [2.45, 2.75) is 19.6 Å². The molecule has 2 heterocycles. The number of carbonyl (C=O) groups excluding carboxylic acids is 1. The fourth-order valence-corrected chi connectivity index (χ4v) is 3.55. The van der Waals surface area contributed by atoms with Crippen LogP contribution in [0.25, 0.3) is 16.9 Å². The molecule has 4 rings (SSSR count). The number of halogens is 6. The van der Waals surface area contributed by atoms with Crippen LogP contribution in [-0.4, -0.2) is 50.3 Å². The number of ether oxygens (including phenoxy) is 1. The van der Waals surface area contributed by atoms with Gasteiger partial charge in [0.05, 0.1) is 36.7 Å². The van der Waals surface area contributed by atoms with Crippen LogP contribution < -0.4 is 9.64 Å². The van der Waals surface area contributed by atoms with Gasteiger partial charge in [0, 0.05) is 11.8 Å². The first-order chi connectivity index (χ1) is 17.5. The quantitative estimate of drug-likeness (QED) is 0.264. The number of aromatic nitrogens is 5. The Kier molecular flexibility index (Phi) is 6.92. The number of rotatable bonds is 7.